The predicted molar refractivity (Wildman–Crippen MR) is 116 cm³/mol. The molecule has 1 saturated heterocycles. The van der Waals surface area contributed by atoms with Crippen molar-refractivity contribution in [2.24, 2.45) is 0 Å². The molecule has 32 heavy (non-hydrogen) atoms. The van der Waals surface area contributed by atoms with Gasteiger partial charge >= 0.3 is 19.4 Å². The lowest BCUT2D eigenvalue weighted by molar-refractivity contribution is -0.142. The normalized spacial score (nSPS) is 21.0. The fourth-order valence-corrected chi connectivity index (χ4v) is 4.68. The number of rotatable bonds is 9. The number of hydrogen-bond acceptors (Lipinski definition) is 9. The number of carbonyl (C=O) groups is 1. The molecule has 1 aromatic heterocycles. The Bertz CT molecular complexity index is 1050. The van der Waals surface area contributed by atoms with Gasteiger partial charge in [-0.1, -0.05) is 11.6 Å². The largest absolute Gasteiger partial charge is 0.468 e. The van der Waals surface area contributed by atoms with E-state index in [1.807, 2.05) is 0 Å². The van der Waals surface area contributed by atoms with Crippen molar-refractivity contribution in [3.8, 4) is 5.75 Å². The molecule has 3 rings (SSSR count). The second-order valence-electron chi connectivity index (χ2n) is 7.04. The average Bonchev–Trinajstić information content (AvgIpc) is 3.22. The fraction of sp³-hybridized carbons (Fsp3) is 0.421. The molecule has 174 valence electrons. The summed E-state index contributed by atoms with van der Waals surface area (Å²) in [6.45, 7) is 1.36. The number of esters is 1. The van der Waals surface area contributed by atoms with Gasteiger partial charge in [0.1, 0.15) is 23.8 Å². The molecule has 0 aliphatic carbocycles. The summed E-state index contributed by atoms with van der Waals surface area (Å²) in [5.41, 5.74) is 4.99. The van der Waals surface area contributed by atoms with Gasteiger partial charge in [-0.15, -0.1) is 0 Å². The molecule has 1 aliphatic rings. The van der Waals surface area contributed by atoms with Gasteiger partial charge in [-0.25, -0.2) is 9.36 Å². The van der Waals surface area contributed by atoms with Crippen molar-refractivity contribution in [1.29, 1.82) is 0 Å². The van der Waals surface area contributed by atoms with Gasteiger partial charge in [0, 0.05) is 11.2 Å². The van der Waals surface area contributed by atoms with Crippen LogP contribution in [0.4, 0.5) is 5.82 Å². The number of halogens is 1. The molecule has 0 spiro atoms. The van der Waals surface area contributed by atoms with Crippen LogP contribution in [-0.2, 0) is 23.4 Å². The smallest absolute Gasteiger partial charge is 0.459 e. The summed E-state index contributed by atoms with van der Waals surface area (Å²) in [5.74, 6) is -0.289. The van der Waals surface area contributed by atoms with Gasteiger partial charge in [0.15, 0.2) is 0 Å². The lowest BCUT2D eigenvalue weighted by Crippen LogP contribution is -2.35. The minimum absolute atomic E-state index is 0.112. The van der Waals surface area contributed by atoms with Crippen LogP contribution in [0, 0.1) is 0 Å². The van der Waals surface area contributed by atoms with Crippen molar-refractivity contribution in [3.63, 3.8) is 0 Å². The maximum atomic E-state index is 13.4. The Hall–Kier alpha value is -2.43. The minimum Gasteiger partial charge on any atom is -0.468 e. The molecule has 3 N–H and O–H groups in total. The first kappa shape index (κ1) is 24.2. The van der Waals surface area contributed by atoms with Gasteiger partial charge in [0.25, 0.3) is 0 Å². The van der Waals surface area contributed by atoms with E-state index in [1.165, 1.54) is 43.0 Å². The molecular formula is C19H24ClN4O7P. The third kappa shape index (κ3) is 6.30. The van der Waals surface area contributed by atoms with Crippen molar-refractivity contribution in [3.05, 3.63) is 52.0 Å². The summed E-state index contributed by atoms with van der Waals surface area (Å²) in [6, 6.07) is 6.70. The summed E-state index contributed by atoms with van der Waals surface area (Å²) in [5, 5.41) is 3.03. The van der Waals surface area contributed by atoms with Gasteiger partial charge < -0.3 is 19.7 Å². The molecule has 1 aliphatic heterocycles. The maximum absolute atomic E-state index is 13.4. The second kappa shape index (κ2) is 10.5. The molecule has 1 fully saturated rings. The Kier molecular flexibility index (Phi) is 7.91. The Morgan fingerprint density at radius 2 is 2.09 bits per heavy atom. The molecule has 0 amide bonds. The van der Waals surface area contributed by atoms with E-state index in [2.05, 4.69) is 14.8 Å². The van der Waals surface area contributed by atoms with Crippen LogP contribution in [0.25, 0.3) is 0 Å². The van der Waals surface area contributed by atoms with Crippen molar-refractivity contribution in [2.75, 3.05) is 19.5 Å². The molecule has 13 heteroatoms. The first-order valence-corrected chi connectivity index (χ1v) is 11.7. The first-order chi connectivity index (χ1) is 15.2. The lowest BCUT2D eigenvalue weighted by Gasteiger charge is -2.24. The molecule has 4 atom stereocenters. The molecule has 2 aromatic rings. The molecule has 0 saturated carbocycles. The van der Waals surface area contributed by atoms with Gasteiger partial charge in [-0.3, -0.25) is 13.9 Å². The van der Waals surface area contributed by atoms with Crippen LogP contribution < -0.4 is 21.0 Å². The molecule has 2 unspecified atom stereocenters. The Morgan fingerprint density at radius 3 is 2.75 bits per heavy atom. The number of carbonyl (C=O) groups excluding carboxylic acids is 1. The van der Waals surface area contributed by atoms with Crippen molar-refractivity contribution < 1.29 is 27.9 Å². The van der Waals surface area contributed by atoms with E-state index >= 15 is 0 Å². The van der Waals surface area contributed by atoms with Gasteiger partial charge in [-0.2, -0.15) is 10.1 Å². The van der Waals surface area contributed by atoms with E-state index in [1.54, 1.807) is 12.1 Å². The van der Waals surface area contributed by atoms with E-state index in [4.69, 9.17) is 31.1 Å². The van der Waals surface area contributed by atoms with E-state index in [0.29, 0.717) is 17.9 Å². The number of anilines is 1. The van der Waals surface area contributed by atoms with Gasteiger partial charge in [0.05, 0.1) is 19.8 Å². The number of hydrogen-bond donors (Lipinski definition) is 2. The summed E-state index contributed by atoms with van der Waals surface area (Å²) in [7, 11) is -2.80. The van der Waals surface area contributed by atoms with Crippen molar-refractivity contribution in [2.45, 2.75) is 38.1 Å². The monoisotopic (exact) mass is 486 g/mol. The fourth-order valence-electron chi connectivity index (χ4n) is 3.03. The van der Waals surface area contributed by atoms with Crippen molar-refractivity contribution in [1.82, 2.24) is 14.6 Å². The van der Waals surface area contributed by atoms with Crippen LogP contribution in [0.5, 0.6) is 5.75 Å². The van der Waals surface area contributed by atoms with Crippen molar-refractivity contribution >= 4 is 31.1 Å². The standard InChI is InChI=1S/C19H24ClN4O7P/c1-12(18(25)28-2)23-32(27,31-14-5-3-13(20)4-6-14)29-11-15-7-8-17(30-15)24-10-9-16(21)22-19(24)26/h3-6,9-10,12,15,17H,7-8,11H2,1-2H3,(H,23,27)(H2,21,22,26)/t12?,15-,17+,32?/m0/s1. The zero-order valence-corrected chi connectivity index (χ0v) is 19.1. The highest BCUT2D eigenvalue weighted by Crippen LogP contribution is 2.46. The zero-order chi connectivity index (χ0) is 23.3. The van der Waals surface area contributed by atoms with Crippen LogP contribution in [-0.4, -0.2) is 41.4 Å². The van der Waals surface area contributed by atoms with E-state index in [-0.39, 0.29) is 18.2 Å². The minimum atomic E-state index is -4.01. The number of aromatic nitrogens is 2. The molecule has 0 radical (unpaired) electrons. The predicted octanol–water partition coefficient (Wildman–Crippen LogP) is 2.51. The zero-order valence-electron chi connectivity index (χ0n) is 17.5. The van der Waals surface area contributed by atoms with Crippen LogP contribution in [0.2, 0.25) is 5.02 Å². The summed E-state index contributed by atoms with van der Waals surface area (Å²) >= 11 is 5.87. The van der Waals surface area contributed by atoms with Crippen LogP contribution in [0.15, 0.2) is 41.3 Å². The first-order valence-electron chi connectivity index (χ1n) is 9.74. The third-order valence-electron chi connectivity index (χ3n) is 4.62. The number of benzene rings is 1. The summed E-state index contributed by atoms with van der Waals surface area (Å²) in [6.07, 6.45) is 1.54. The number of ether oxygens (including phenoxy) is 2. The van der Waals surface area contributed by atoms with Gasteiger partial charge in [0.2, 0.25) is 0 Å². The maximum Gasteiger partial charge on any atom is 0.459 e. The highest BCUT2D eigenvalue weighted by atomic mass is 35.5. The number of nitrogen functional groups attached to an aromatic ring is 1. The molecular weight excluding hydrogens is 463 g/mol. The molecule has 0 bridgehead atoms. The van der Waals surface area contributed by atoms with E-state index in [9.17, 15) is 14.2 Å². The SMILES string of the molecule is COC(=O)C(C)NP(=O)(OC[C@@H]1CC[C@H](n2ccc(N)nc2=O)O1)Oc1ccc(Cl)cc1. The van der Waals surface area contributed by atoms with Crippen LogP contribution in [0.1, 0.15) is 26.0 Å². The highest BCUT2D eigenvalue weighted by molar-refractivity contribution is 7.52. The van der Waals surface area contributed by atoms with E-state index < -0.39 is 37.8 Å². The summed E-state index contributed by atoms with van der Waals surface area (Å²) in [4.78, 5) is 27.5. The average molecular weight is 487 g/mol. The second-order valence-corrected chi connectivity index (χ2v) is 9.18. The Balaban J connectivity index is 1.67. The Morgan fingerprint density at radius 1 is 1.38 bits per heavy atom. The highest BCUT2D eigenvalue weighted by Gasteiger charge is 2.35. The van der Waals surface area contributed by atoms with Crippen LogP contribution >= 0.6 is 19.3 Å². The molecule has 1 aromatic carbocycles. The third-order valence-corrected chi connectivity index (χ3v) is 6.52. The number of nitrogens with two attached hydrogens (primary N) is 1. The van der Waals surface area contributed by atoms with E-state index in [0.717, 1.165) is 0 Å². The number of nitrogens with one attached hydrogen (secondary N) is 1. The number of methoxy groups -OCH3 is 1. The summed E-state index contributed by atoms with van der Waals surface area (Å²) < 4.78 is 36.3. The van der Waals surface area contributed by atoms with Crippen LogP contribution in [0.3, 0.4) is 0 Å². The quantitative estimate of drug-likeness (QED) is 0.400. The van der Waals surface area contributed by atoms with Gasteiger partial charge in [-0.05, 0) is 50.1 Å². The topological polar surface area (TPSA) is 144 Å². The Labute approximate surface area is 189 Å². The molecule has 2 heterocycles. The molecule has 11 nitrogen and oxygen atoms in total. The lowest BCUT2D eigenvalue weighted by atomic mass is 10.2. The number of nitrogens with zero attached hydrogens (tertiary/aromatic N) is 2.